The first kappa shape index (κ1) is 30.6. The van der Waals surface area contributed by atoms with Crippen LogP contribution in [0.2, 0.25) is 0 Å². The summed E-state index contributed by atoms with van der Waals surface area (Å²) >= 11 is 0. The number of hydrogen-bond acceptors (Lipinski definition) is 3. The third-order valence-corrected chi connectivity index (χ3v) is 10.0. The largest absolute Gasteiger partial charge is 0.309 e. The van der Waals surface area contributed by atoms with Gasteiger partial charge in [-0.1, -0.05) is 164 Å². The van der Waals surface area contributed by atoms with Crippen LogP contribution < -0.4 is 0 Å². The molecule has 0 amide bonds. The Balaban J connectivity index is 1.12. The summed E-state index contributed by atoms with van der Waals surface area (Å²) in [5, 5.41) is 4.94. The fraction of sp³-hybridized carbons (Fsp3) is 0. The minimum Gasteiger partial charge on any atom is -0.309 e. The predicted molar refractivity (Wildman–Crippen MR) is 219 cm³/mol. The van der Waals surface area contributed by atoms with Crippen LogP contribution in [0.5, 0.6) is 0 Å². The number of aromatic nitrogens is 4. The molecular weight excluding hydrogens is 645 g/mol. The van der Waals surface area contributed by atoms with Crippen LogP contribution in [0.15, 0.2) is 194 Å². The number of hydrogen-bond donors (Lipinski definition) is 0. The average molecular weight is 677 g/mol. The summed E-state index contributed by atoms with van der Waals surface area (Å²) in [5.74, 6) is 1.90. The van der Waals surface area contributed by atoms with Gasteiger partial charge in [0.2, 0.25) is 0 Å². The van der Waals surface area contributed by atoms with E-state index in [9.17, 15) is 0 Å². The van der Waals surface area contributed by atoms with E-state index in [0.29, 0.717) is 17.5 Å². The van der Waals surface area contributed by atoms with Gasteiger partial charge in [0.05, 0.1) is 11.0 Å². The average Bonchev–Trinajstić information content (AvgIpc) is 3.56. The van der Waals surface area contributed by atoms with Gasteiger partial charge in [0.15, 0.2) is 17.5 Å². The SMILES string of the molecule is c1ccc(-c2ccc(-c3nc(-c4ccccc4)nc(-c4ccccc4-c4cccc(-n5c6ccccc6c6cc7ccccc7cc65)c4)n3)cc2)cc1. The molecule has 53 heavy (non-hydrogen) atoms. The monoisotopic (exact) mass is 676 g/mol. The number of rotatable bonds is 6. The lowest BCUT2D eigenvalue weighted by Gasteiger charge is -2.14. The van der Waals surface area contributed by atoms with Crippen LogP contribution in [0.1, 0.15) is 0 Å². The highest BCUT2D eigenvalue weighted by Crippen LogP contribution is 2.38. The molecule has 0 saturated carbocycles. The molecule has 2 aromatic heterocycles. The zero-order valence-corrected chi connectivity index (χ0v) is 28.8. The minimum atomic E-state index is 0.630. The van der Waals surface area contributed by atoms with Crippen LogP contribution in [0.3, 0.4) is 0 Å². The first-order valence-electron chi connectivity index (χ1n) is 17.9. The second-order valence-electron chi connectivity index (χ2n) is 13.3. The van der Waals surface area contributed by atoms with E-state index in [-0.39, 0.29) is 0 Å². The Morgan fingerprint density at radius 3 is 1.58 bits per heavy atom. The molecular formula is C49H32N4. The Hall–Kier alpha value is -7.17. The molecule has 2 heterocycles. The molecule has 248 valence electrons. The van der Waals surface area contributed by atoms with E-state index in [1.165, 1.54) is 38.1 Å². The maximum absolute atomic E-state index is 5.14. The summed E-state index contributed by atoms with van der Waals surface area (Å²) in [7, 11) is 0. The molecule has 0 aliphatic carbocycles. The van der Waals surface area contributed by atoms with Crippen molar-refractivity contribution in [2.45, 2.75) is 0 Å². The first-order chi connectivity index (χ1) is 26.3. The van der Waals surface area contributed by atoms with Crippen molar-refractivity contribution in [3.63, 3.8) is 0 Å². The summed E-state index contributed by atoms with van der Waals surface area (Å²) in [4.78, 5) is 15.3. The van der Waals surface area contributed by atoms with Crippen LogP contribution in [-0.2, 0) is 0 Å². The van der Waals surface area contributed by atoms with Gasteiger partial charge in [0.1, 0.15) is 0 Å². The number of nitrogens with zero attached hydrogens (tertiary/aromatic N) is 4. The van der Waals surface area contributed by atoms with Crippen molar-refractivity contribution in [1.29, 1.82) is 0 Å². The van der Waals surface area contributed by atoms with Gasteiger partial charge < -0.3 is 4.57 Å². The van der Waals surface area contributed by atoms with Crippen LogP contribution in [0, 0.1) is 0 Å². The lowest BCUT2D eigenvalue weighted by atomic mass is 9.98. The van der Waals surface area contributed by atoms with E-state index in [2.05, 4.69) is 162 Å². The highest BCUT2D eigenvalue weighted by atomic mass is 15.0. The van der Waals surface area contributed by atoms with Crippen molar-refractivity contribution in [2.24, 2.45) is 0 Å². The Morgan fingerprint density at radius 2 is 0.830 bits per heavy atom. The molecule has 0 spiro atoms. The second-order valence-corrected chi connectivity index (χ2v) is 13.3. The van der Waals surface area contributed by atoms with Crippen molar-refractivity contribution < 1.29 is 0 Å². The lowest BCUT2D eigenvalue weighted by Crippen LogP contribution is -2.01. The molecule has 0 atom stereocenters. The van der Waals surface area contributed by atoms with E-state index in [1.807, 2.05) is 36.4 Å². The van der Waals surface area contributed by atoms with E-state index >= 15 is 0 Å². The minimum absolute atomic E-state index is 0.630. The van der Waals surface area contributed by atoms with Gasteiger partial charge in [-0.05, 0) is 63.4 Å². The first-order valence-corrected chi connectivity index (χ1v) is 17.9. The summed E-state index contributed by atoms with van der Waals surface area (Å²) < 4.78 is 2.39. The fourth-order valence-electron chi connectivity index (χ4n) is 7.46. The standard InChI is InChI=1S/C49H32N4/c1-3-14-33(15-4-1)34-26-28-36(29-27-34)48-50-47(35-16-5-2-6-17-35)51-49(52-48)43-24-10-9-22-41(43)39-20-13-21-40(30-39)53-45-25-12-11-23-42(45)44-31-37-18-7-8-19-38(37)32-46(44)53/h1-32H. The van der Waals surface area contributed by atoms with E-state index in [4.69, 9.17) is 15.0 Å². The molecule has 4 heteroatoms. The summed E-state index contributed by atoms with van der Waals surface area (Å²) in [6.07, 6.45) is 0. The Labute approximate surface area is 307 Å². The van der Waals surface area contributed by atoms with Crippen LogP contribution in [0.4, 0.5) is 0 Å². The quantitative estimate of drug-likeness (QED) is 0.176. The van der Waals surface area contributed by atoms with E-state index < -0.39 is 0 Å². The second kappa shape index (κ2) is 12.9. The Morgan fingerprint density at radius 1 is 0.302 bits per heavy atom. The predicted octanol–water partition coefficient (Wildman–Crippen LogP) is 12.5. The molecule has 0 aliphatic heterocycles. The van der Waals surface area contributed by atoms with Gasteiger partial charge in [0, 0.05) is 33.2 Å². The molecule has 4 nitrogen and oxygen atoms in total. The van der Waals surface area contributed by atoms with Gasteiger partial charge >= 0.3 is 0 Å². The van der Waals surface area contributed by atoms with Crippen LogP contribution >= 0.6 is 0 Å². The molecule has 0 bridgehead atoms. The Bertz CT molecular complexity index is 2930. The van der Waals surface area contributed by atoms with Gasteiger partial charge in [0.25, 0.3) is 0 Å². The van der Waals surface area contributed by atoms with Crippen molar-refractivity contribution in [3.05, 3.63) is 194 Å². The smallest absolute Gasteiger partial charge is 0.164 e. The summed E-state index contributed by atoms with van der Waals surface area (Å²) in [6, 6.07) is 68.1. The highest BCUT2D eigenvalue weighted by molar-refractivity contribution is 6.13. The third-order valence-electron chi connectivity index (χ3n) is 10.0. The normalized spacial score (nSPS) is 11.4. The van der Waals surface area contributed by atoms with Crippen molar-refractivity contribution in [2.75, 3.05) is 0 Å². The van der Waals surface area contributed by atoms with Gasteiger partial charge in [-0.2, -0.15) is 0 Å². The number of benzene rings is 8. The zero-order chi connectivity index (χ0) is 35.1. The fourth-order valence-corrected chi connectivity index (χ4v) is 7.46. The molecule has 0 aliphatic rings. The van der Waals surface area contributed by atoms with Gasteiger partial charge in [-0.3, -0.25) is 0 Å². The molecule has 10 aromatic rings. The zero-order valence-electron chi connectivity index (χ0n) is 28.8. The molecule has 0 radical (unpaired) electrons. The van der Waals surface area contributed by atoms with Gasteiger partial charge in [-0.25, -0.2) is 15.0 Å². The van der Waals surface area contributed by atoms with Crippen molar-refractivity contribution in [1.82, 2.24) is 19.5 Å². The maximum atomic E-state index is 5.14. The van der Waals surface area contributed by atoms with Crippen molar-refractivity contribution in [3.8, 4) is 62.1 Å². The maximum Gasteiger partial charge on any atom is 0.164 e. The summed E-state index contributed by atoms with van der Waals surface area (Å²) in [6.45, 7) is 0. The lowest BCUT2D eigenvalue weighted by molar-refractivity contribution is 1.07. The summed E-state index contributed by atoms with van der Waals surface area (Å²) in [5.41, 5.74) is 10.7. The van der Waals surface area contributed by atoms with Crippen LogP contribution in [-0.4, -0.2) is 19.5 Å². The van der Waals surface area contributed by atoms with Gasteiger partial charge in [-0.15, -0.1) is 0 Å². The molecule has 0 fully saturated rings. The molecule has 0 saturated heterocycles. The highest BCUT2D eigenvalue weighted by Gasteiger charge is 2.18. The third kappa shape index (κ3) is 5.54. The molecule has 10 rings (SSSR count). The topological polar surface area (TPSA) is 43.6 Å². The van der Waals surface area contributed by atoms with Crippen molar-refractivity contribution >= 4 is 32.6 Å². The Kier molecular flexibility index (Phi) is 7.43. The molecule has 0 N–H and O–H groups in total. The number of fused-ring (bicyclic) bond motifs is 4. The van der Waals surface area contributed by atoms with Crippen LogP contribution in [0.25, 0.3) is 94.7 Å². The number of para-hydroxylation sites is 1. The van der Waals surface area contributed by atoms with E-state index in [1.54, 1.807) is 0 Å². The molecule has 8 aromatic carbocycles. The molecule has 0 unspecified atom stereocenters. The van der Waals surface area contributed by atoms with E-state index in [0.717, 1.165) is 39.1 Å².